The summed E-state index contributed by atoms with van der Waals surface area (Å²) in [6.45, 7) is 6.48. The van der Waals surface area contributed by atoms with E-state index in [1.165, 1.54) is 12.3 Å². The van der Waals surface area contributed by atoms with Crippen molar-refractivity contribution in [2.24, 2.45) is 0 Å². The number of aromatic carboxylic acids is 1. The van der Waals surface area contributed by atoms with Crippen LogP contribution in [0.25, 0.3) is 0 Å². The number of hydrogen-bond donors (Lipinski definition) is 2. The van der Waals surface area contributed by atoms with Crippen molar-refractivity contribution in [1.29, 1.82) is 0 Å². The van der Waals surface area contributed by atoms with Crippen LogP contribution in [-0.2, 0) is 4.74 Å². The zero-order chi connectivity index (χ0) is 16.5. The van der Waals surface area contributed by atoms with Gasteiger partial charge in [-0.3, -0.25) is 0 Å². The van der Waals surface area contributed by atoms with Crippen LogP contribution < -0.4 is 10.2 Å². The minimum atomic E-state index is -1.07. The first-order valence-electron chi connectivity index (χ1n) is 6.79. The fourth-order valence-corrected chi connectivity index (χ4v) is 2.28. The number of halogens is 1. The molecule has 1 aromatic rings. The van der Waals surface area contributed by atoms with Crippen LogP contribution in [-0.4, -0.2) is 46.9 Å². The van der Waals surface area contributed by atoms with Gasteiger partial charge in [0.05, 0.1) is 16.6 Å². The molecule has 120 valence electrons. The molecule has 2 N–H and O–H groups in total. The maximum Gasteiger partial charge on any atom is 0.407 e. The van der Waals surface area contributed by atoms with Crippen molar-refractivity contribution in [2.45, 2.75) is 32.4 Å². The number of rotatable bonds is 3. The first-order valence-corrected chi connectivity index (χ1v) is 7.17. The summed E-state index contributed by atoms with van der Waals surface area (Å²) in [5.41, 5.74) is -0.497. The monoisotopic (exact) mass is 327 g/mol. The molecule has 1 aliphatic heterocycles. The number of carboxylic acids is 1. The summed E-state index contributed by atoms with van der Waals surface area (Å²) in [5, 5.41) is 11.9. The molecule has 0 radical (unpaired) electrons. The van der Waals surface area contributed by atoms with Gasteiger partial charge < -0.3 is 20.1 Å². The number of carbonyl (C=O) groups is 2. The van der Waals surface area contributed by atoms with Crippen molar-refractivity contribution in [2.75, 3.05) is 18.0 Å². The van der Waals surface area contributed by atoms with E-state index >= 15 is 0 Å². The highest BCUT2D eigenvalue weighted by molar-refractivity contribution is 6.33. The highest BCUT2D eigenvalue weighted by atomic mass is 35.5. The molecule has 2 heterocycles. The summed E-state index contributed by atoms with van der Waals surface area (Å²) >= 11 is 6.04. The number of hydrogen-bond acceptors (Lipinski definition) is 5. The van der Waals surface area contributed by atoms with Crippen LogP contribution in [0, 0.1) is 0 Å². The molecule has 1 aliphatic rings. The molecular weight excluding hydrogens is 310 g/mol. The van der Waals surface area contributed by atoms with E-state index in [0.717, 1.165) is 0 Å². The van der Waals surface area contributed by atoms with Crippen LogP contribution in [0.5, 0.6) is 0 Å². The zero-order valence-corrected chi connectivity index (χ0v) is 13.3. The largest absolute Gasteiger partial charge is 0.478 e. The van der Waals surface area contributed by atoms with Gasteiger partial charge in [-0.05, 0) is 26.8 Å². The van der Waals surface area contributed by atoms with Gasteiger partial charge in [0.1, 0.15) is 11.4 Å². The van der Waals surface area contributed by atoms with Gasteiger partial charge >= 0.3 is 12.1 Å². The van der Waals surface area contributed by atoms with Gasteiger partial charge in [-0.1, -0.05) is 11.6 Å². The molecule has 2 rings (SSSR count). The maximum atomic E-state index is 11.6. The van der Waals surface area contributed by atoms with E-state index in [2.05, 4.69) is 10.3 Å². The van der Waals surface area contributed by atoms with E-state index in [0.29, 0.717) is 18.9 Å². The molecule has 0 aliphatic carbocycles. The minimum Gasteiger partial charge on any atom is -0.478 e. The fraction of sp³-hybridized carbons (Fsp3) is 0.500. The highest BCUT2D eigenvalue weighted by Gasteiger charge is 2.31. The first-order chi connectivity index (χ1) is 10.2. The smallest absolute Gasteiger partial charge is 0.407 e. The van der Waals surface area contributed by atoms with E-state index in [-0.39, 0.29) is 16.6 Å². The van der Waals surface area contributed by atoms with Crippen LogP contribution in [0.2, 0.25) is 5.02 Å². The first kappa shape index (κ1) is 16.4. The maximum absolute atomic E-state index is 11.6. The Balaban J connectivity index is 1.89. The number of amides is 1. The van der Waals surface area contributed by atoms with Crippen LogP contribution in [0.1, 0.15) is 31.1 Å². The van der Waals surface area contributed by atoms with Crippen molar-refractivity contribution < 1.29 is 19.4 Å². The van der Waals surface area contributed by atoms with Crippen molar-refractivity contribution in [3.63, 3.8) is 0 Å². The van der Waals surface area contributed by atoms with Crippen LogP contribution in [0.4, 0.5) is 10.6 Å². The second kappa shape index (κ2) is 6.00. The van der Waals surface area contributed by atoms with Crippen LogP contribution in [0.15, 0.2) is 12.3 Å². The van der Waals surface area contributed by atoms with E-state index in [1.54, 1.807) is 20.8 Å². The van der Waals surface area contributed by atoms with Gasteiger partial charge in [0.15, 0.2) is 0 Å². The molecule has 1 fully saturated rings. The molecule has 0 aromatic carbocycles. The fourth-order valence-electron chi connectivity index (χ4n) is 2.00. The number of nitrogens with zero attached hydrogens (tertiary/aromatic N) is 2. The molecule has 0 saturated carbocycles. The van der Waals surface area contributed by atoms with E-state index in [9.17, 15) is 9.59 Å². The Morgan fingerprint density at radius 2 is 2.09 bits per heavy atom. The molecule has 8 heteroatoms. The molecule has 0 unspecified atom stereocenters. The van der Waals surface area contributed by atoms with Crippen molar-refractivity contribution in [3.8, 4) is 0 Å². The number of alkyl carbamates (subject to hydrolysis) is 1. The molecule has 22 heavy (non-hydrogen) atoms. The number of ether oxygens (including phenoxy) is 1. The molecule has 1 aromatic heterocycles. The summed E-state index contributed by atoms with van der Waals surface area (Å²) in [6, 6.07) is 1.31. The van der Waals surface area contributed by atoms with E-state index in [4.69, 9.17) is 21.4 Å². The quantitative estimate of drug-likeness (QED) is 0.883. The Bertz CT molecular complexity index is 594. The van der Waals surface area contributed by atoms with Gasteiger partial charge in [-0.2, -0.15) is 0 Å². The Morgan fingerprint density at radius 3 is 2.59 bits per heavy atom. The summed E-state index contributed by atoms with van der Waals surface area (Å²) < 4.78 is 5.18. The summed E-state index contributed by atoms with van der Waals surface area (Å²) in [7, 11) is 0. The Kier molecular flexibility index (Phi) is 4.46. The second-order valence-corrected chi connectivity index (χ2v) is 6.49. The molecule has 0 spiro atoms. The predicted octanol–water partition coefficient (Wildman–Crippen LogP) is 2.15. The third-order valence-corrected chi connectivity index (χ3v) is 3.25. The average molecular weight is 328 g/mol. The molecule has 0 bridgehead atoms. The van der Waals surface area contributed by atoms with E-state index in [1.807, 2.05) is 4.90 Å². The third kappa shape index (κ3) is 4.00. The van der Waals surface area contributed by atoms with E-state index < -0.39 is 17.7 Å². The van der Waals surface area contributed by atoms with Crippen molar-refractivity contribution in [3.05, 3.63) is 22.8 Å². The summed E-state index contributed by atoms with van der Waals surface area (Å²) in [6.07, 6.45) is 0.801. The molecule has 1 amide bonds. The topological polar surface area (TPSA) is 91.8 Å². The van der Waals surface area contributed by atoms with Gasteiger partial charge in [-0.25, -0.2) is 14.6 Å². The Hall–Kier alpha value is -2.02. The number of anilines is 1. The lowest BCUT2D eigenvalue weighted by Gasteiger charge is -2.40. The lowest BCUT2D eigenvalue weighted by Crippen LogP contribution is -2.60. The Morgan fingerprint density at radius 1 is 1.45 bits per heavy atom. The summed E-state index contributed by atoms with van der Waals surface area (Å²) in [4.78, 5) is 28.4. The number of carbonyl (C=O) groups excluding carboxylic acids is 1. The van der Waals surface area contributed by atoms with Gasteiger partial charge in [-0.15, -0.1) is 0 Å². The summed E-state index contributed by atoms with van der Waals surface area (Å²) in [5.74, 6) is -0.567. The second-order valence-electron chi connectivity index (χ2n) is 6.08. The standard InChI is InChI=1S/C14H18ClN3O4/c1-14(2,3)22-13(21)17-9-6-18(7-9)11-10(15)4-8(5-16-11)12(19)20/h4-5,9H,6-7H2,1-3H3,(H,17,21)(H,19,20). The lowest BCUT2D eigenvalue weighted by atomic mass is 10.1. The molecular formula is C14H18ClN3O4. The number of nitrogens with one attached hydrogen (secondary N) is 1. The van der Waals surface area contributed by atoms with Crippen molar-refractivity contribution >= 4 is 29.5 Å². The third-order valence-electron chi connectivity index (χ3n) is 2.97. The molecule has 7 nitrogen and oxygen atoms in total. The minimum absolute atomic E-state index is 0.0395. The predicted molar refractivity (Wildman–Crippen MR) is 81.6 cm³/mol. The van der Waals surface area contributed by atoms with Gasteiger partial charge in [0, 0.05) is 19.3 Å². The number of pyridine rings is 1. The average Bonchev–Trinajstić information content (AvgIpc) is 2.31. The van der Waals surface area contributed by atoms with Gasteiger partial charge in [0.2, 0.25) is 0 Å². The normalized spacial score (nSPS) is 15.2. The lowest BCUT2D eigenvalue weighted by molar-refractivity contribution is 0.0495. The number of aromatic nitrogens is 1. The van der Waals surface area contributed by atoms with Gasteiger partial charge in [0.25, 0.3) is 0 Å². The molecule has 0 atom stereocenters. The zero-order valence-electron chi connectivity index (χ0n) is 12.6. The highest BCUT2D eigenvalue weighted by Crippen LogP contribution is 2.27. The van der Waals surface area contributed by atoms with Crippen LogP contribution >= 0.6 is 11.6 Å². The van der Waals surface area contributed by atoms with Crippen molar-refractivity contribution in [1.82, 2.24) is 10.3 Å². The SMILES string of the molecule is CC(C)(C)OC(=O)NC1CN(c2ncc(C(=O)O)cc2Cl)C1. The van der Waals surface area contributed by atoms with Crippen LogP contribution in [0.3, 0.4) is 0 Å². The molecule has 1 saturated heterocycles. The Labute approximate surface area is 133 Å². The number of carboxylic acid groups (broad SMARTS) is 1.